The predicted octanol–water partition coefficient (Wildman–Crippen LogP) is 3.34. The Labute approximate surface area is 118 Å². The largest absolute Gasteiger partial charge is 0.308 e. The maximum absolute atomic E-state index is 5.56. The van der Waals surface area contributed by atoms with Crippen LogP contribution in [0.1, 0.15) is 0 Å². The van der Waals surface area contributed by atoms with Crippen molar-refractivity contribution < 1.29 is 0 Å². The van der Waals surface area contributed by atoms with Crippen LogP contribution in [0.25, 0.3) is 22.3 Å². The molecule has 19 heavy (non-hydrogen) atoms. The Morgan fingerprint density at radius 1 is 1.00 bits per heavy atom. The van der Waals surface area contributed by atoms with Gasteiger partial charge in [-0.1, -0.05) is 46.3 Å². The van der Waals surface area contributed by atoms with Gasteiger partial charge < -0.3 is 5.43 Å². The number of rotatable bonds is 2. The first-order chi connectivity index (χ1) is 9.28. The van der Waals surface area contributed by atoms with Gasteiger partial charge in [-0.15, -0.1) is 0 Å². The smallest absolute Gasteiger partial charge is 0.162 e. The SMILES string of the molecule is NNc1nc(-c2ccccc2)nc2ccc(Br)cc12. The summed E-state index contributed by atoms with van der Waals surface area (Å²) in [6, 6.07) is 15.7. The van der Waals surface area contributed by atoms with Crippen LogP contribution in [0, 0.1) is 0 Å². The lowest BCUT2D eigenvalue weighted by molar-refractivity contribution is 1.19. The number of nitrogens with zero attached hydrogens (tertiary/aromatic N) is 2. The third-order valence-electron chi connectivity index (χ3n) is 2.83. The van der Waals surface area contributed by atoms with Gasteiger partial charge in [-0.05, 0) is 18.2 Å². The van der Waals surface area contributed by atoms with Gasteiger partial charge in [0, 0.05) is 15.4 Å². The van der Waals surface area contributed by atoms with Crippen molar-refractivity contribution in [3.05, 3.63) is 53.0 Å². The van der Waals surface area contributed by atoms with Crippen LogP contribution < -0.4 is 11.3 Å². The van der Waals surface area contributed by atoms with Crippen LogP contribution >= 0.6 is 15.9 Å². The lowest BCUT2D eigenvalue weighted by atomic mass is 10.2. The van der Waals surface area contributed by atoms with Gasteiger partial charge in [0.05, 0.1) is 5.52 Å². The molecule has 0 fully saturated rings. The molecule has 0 bridgehead atoms. The molecule has 0 saturated carbocycles. The second-order valence-electron chi connectivity index (χ2n) is 4.07. The number of halogens is 1. The van der Waals surface area contributed by atoms with E-state index in [9.17, 15) is 0 Å². The van der Waals surface area contributed by atoms with Gasteiger partial charge in [-0.25, -0.2) is 15.8 Å². The molecule has 3 N–H and O–H groups in total. The van der Waals surface area contributed by atoms with Crippen molar-refractivity contribution in [2.45, 2.75) is 0 Å². The molecule has 0 atom stereocenters. The number of hydrogen-bond acceptors (Lipinski definition) is 4. The Balaban J connectivity index is 2.26. The Morgan fingerprint density at radius 2 is 1.79 bits per heavy atom. The van der Waals surface area contributed by atoms with Crippen molar-refractivity contribution in [2.75, 3.05) is 5.43 Å². The average molecular weight is 315 g/mol. The first kappa shape index (κ1) is 12.1. The lowest BCUT2D eigenvalue weighted by Gasteiger charge is -2.08. The molecular formula is C14H11BrN4. The Morgan fingerprint density at radius 3 is 2.53 bits per heavy atom. The highest BCUT2D eigenvalue weighted by molar-refractivity contribution is 9.10. The second-order valence-corrected chi connectivity index (χ2v) is 4.98. The molecule has 5 heteroatoms. The first-order valence-corrected chi connectivity index (χ1v) is 6.56. The fraction of sp³-hybridized carbons (Fsp3) is 0. The van der Waals surface area contributed by atoms with E-state index in [0.29, 0.717) is 11.6 Å². The van der Waals surface area contributed by atoms with Crippen LogP contribution in [0.2, 0.25) is 0 Å². The number of hydrogen-bond donors (Lipinski definition) is 2. The van der Waals surface area contributed by atoms with Crippen molar-refractivity contribution in [3.63, 3.8) is 0 Å². The molecule has 0 aliphatic heterocycles. The molecule has 3 aromatic rings. The van der Waals surface area contributed by atoms with Crippen molar-refractivity contribution >= 4 is 32.7 Å². The van der Waals surface area contributed by atoms with Crippen LogP contribution in [0.4, 0.5) is 5.82 Å². The van der Waals surface area contributed by atoms with Gasteiger partial charge in [0.25, 0.3) is 0 Å². The summed E-state index contributed by atoms with van der Waals surface area (Å²) in [6.45, 7) is 0. The molecule has 0 aliphatic carbocycles. The molecule has 0 unspecified atom stereocenters. The fourth-order valence-electron chi connectivity index (χ4n) is 1.93. The molecule has 1 heterocycles. The lowest BCUT2D eigenvalue weighted by Crippen LogP contribution is -2.10. The molecular weight excluding hydrogens is 304 g/mol. The van der Waals surface area contributed by atoms with E-state index in [4.69, 9.17) is 5.84 Å². The molecule has 0 aliphatic rings. The van der Waals surface area contributed by atoms with Crippen LogP contribution in [-0.2, 0) is 0 Å². The normalized spacial score (nSPS) is 10.6. The van der Waals surface area contributed by atoms with E-state index in [1.54, 1.807) is 0 Å². The minimum Gasteiger partial charge on any atom is -0.308 e. The van der Waals surface area contributed by atoms with E-state index in [2.05, 4.69) is 31.3 Å². The van der Waals surface area contributed by atoms with Crippen LogP contribution in [0.15, 0.2) is 53.0 Å². The van der Waals surface area contributed by atoms with Crippen LogP contribution in [0.3, 0.4) is 0 Å². The summed E-state index contributed by atoms with van der Waals surface area (Å²) < 4.78 is 0.965. The minimum absolute atomic E-state index is 0.616. The van der Waals surface area contributed by atoms with Gasteiger partial charge in [-0.2, -0.15) is 0 Å². The molecule has 0 saturated heterocycles. The van der Waals surface area contributed by atoms with Gasteiger partial charge in [0.1, 0.15) is 0 Å². The maximum atomic E-state index is 5.56. The zero-order valence-electron chi connectivity index (χ0n) is 9.97. The van der Waals surface area contributed by atoms with Crippen molar-refractivity contribution in [1.82, 2.24) is 9.97 Å². The summed E-state index contributed by atoms with van der Waals surface area (Å²) in [4.78, 5) is 9.03. The number of hydrazine groups is 1. The van der Waals surface area contributed by atoms with E-state index in [1.165, 1.54) is 0 Å². The molecule has 94 valence electrons. The number of nitrogens with two attached hydrogens (primary N) is 1. The average Bonchev–Trinajstić information content (AvgIpc) is 2.47. The third kappa shape index (κ3) is 2.30. The van der Waals surface area contributed by atoms with E-state index in [0.717, 1.165) is 20.9 Å². The molecule has 2 aromatic carbocycles. The quantitative estimate of drug-likeness (QED) is 0.562. The number of nitrogen functional groups attached to an aromatic ring is 1. The topological polar surface area (TPSA) is 63.8 Å². The van der Waals surface area contributed by atoms with E-state index >= 15 is 0 Å². The zero-order valence-corrected chi connectivity index (χ0v) is 11.6. The highest BCUT2D eigenvalue weighted by Crippen LogP contribution is 2.26. The number of benzene rings is 2. The van der Waals surface area contributed by atoms with Crippen molar-refractivity contribution in [2.24, 2.45) is 5.84 Å². The number of aromatic nitrogens is 2. The maximum Gasteiger partial charge on any atom is 0.162 e. The van der Waals surface area contributed by atoms with Gasteiger partial charge >= 0.3 is 0 Å². The monoisotopic (exact) mass is 314 g/mol. The number of fused-ring (bicyclic) bond motifs is 1. The Kier molecular flexibility index (Phi) is 3.15. The predicted molar refractivity (Wildman–Crippen MR) is 80.5 cm³/mol. The molecule has 1 aromatic heterocycles. The Bertz CT molecular complexity index is 728. The summed E-state index contributed by atoms with van der Waals surface area (Å²) in [5.41, 5.74) is 4.45. The Hall–Kier alpha value is -1.98. The van der Waals surface area contributed by atoms with Gasteiger partial charge in [-0.3, -0.25) is 0 Å². The molecule has 0 radical (unpaired) electrons. The first-order valence-electron chi connectivity index (χ1n) is 5.77. The van der Waals surface area contributed by atoms with E-state index in [-0.39, 0.29) is 0 Å². The summed E-state index contributed by atoms with van der Waals surface area (Å²) in [5, 5.41) is 0.886. The minimum atomic E-state index is 0.616. The zero-order chi connectivity index (χ0) is 13.2. The summed E-state index contributed by atoms with van der Waals surface area (Å²) in [7, 11) is 0. The summed E-state index contributed by atoms with van der Waals surface area (Å²) in [6.07, 6.45) is 0. The van der Waals surface area contributed by atoms with Gasteiger partial charge in [0.2, 0.25) is 0 Å². The standard InChI is InChI=1S/C14H11BrN4/c15-10-6-7-12-11(8-10)14(19-16)18-13(17-12)9-4-2-1-3-5-9/h1-8H,16H2,(H,17,18,19). The highest BCUT2D eigenvalue weighted by atomic mass is 79.9. The number of nitrogens with one attached hydrogen (secondary N) is 1. The molecule has 0 spiro atoms. The van der Waals surface area contributed by atoms with Crippen molar-refractivity contribution in [1.29, 1.82) is 0 Å². The van der Waals surface area contributed by atoms with Crippen molar-refractivity contribution in [3.8, 4) is 11.4 Å². The van der Waals surface area contributed by atoms with Crippen LogP contribution in [-0.4, -0.2) is 9.97 Å². The molecule has 3 rings (SSSR count). The highest BCUT2D eigenvalue weighted by Gasteiger charge is 2.08. The van der Waals surface area contributed by atoms with Gasteiger partial charge in [0.15, 0.2) is 11.6 Å². The third-order valence-corrected chi connectivity index (χ3v) is 3.32. The number of anilines is 1. The fourth-order valence-corrected chi connectivity index (χ4v) is 2.29. The molecule has 0 amide bonds. The van der Waals surface area contributed by atoms with Crippen LogP contribution in [0.5, 0.6) is 0 Å². The second kappa shape index (κ2) is 4.95. The molecule has 4 nitrogen and oxygen atoms in total. The van der Waals surface area contributed by atoms with E-state index in [1.807, 2.05) is 48.5 Å². The summed E-state index contributed by atoms with van der Waals surface area (Å²) >= 11 is 3.44. The summed E-state index contributed by atoms with van der Waals surface area (Å²) in [5.74, 6) is 6.83. The van der Waals surface area contributed by atoms with E-state index < -0.39 is 0 Å².